The normalized spacial score (nSPS) is 10.8. The van der Waals surface area contributed by atoms with E-state index < -0.39 is 0 Å². The fourth-order valence-electron chi connectivity index (χ4n) is 2.19. The maximum atomic E-state index is 6.16. The van der Waals surface area contributed by atoms with Crippen LogP contribution in [0.3, 0.4) is 0 Å². The number of hydrogen-bond acceptors (Lipinski definition) is 3. The SMILES string of the molecule is CCCCc1nc(Cl)c(CNCc2ccccc2OC)[nH]1. The Balaban J connectivity index is 1.89. The molecule has 0 atom stereocenters. The molecule has 0 aliphatic heterocycles. The van der Waals surface area contributed by atoms with E-state index in [9.17, 15) is 0 Å². The number of nitrogens with one attached hydrogen (secondary N) is 2. The number of halogens is 1. The van der Waals surface area contributed by atoms with Crippen LogP contribution in [0, 0.1) is 0 Å². The zero-order valence-electron chi connectivity index (χ0n) is 12.6. The summed E-state index contributed by atoms with van der Waals surface area (Å²) in [5, 5.41) is 3.93. The third kappa shape index (κ3) is 4.48. The number of unbranched alkanes of at least 4 members (excludes halogenated alkanes) is 1. The molecule has 0 spiro atoms. The molecule has 0 radical (unpaired) electrons. The van der Waals surface area contributed by atoms with Crippen LogP contribution in [0.25, 0.3) is 0 Å². The van der Waals surface area contributed by atoms with Crippen molar-refractivity contribution >= 4 is 11.6 Å². The van der Waals surface area contributed by atoms with Crippen LogP contribution in [-0.2, 0) is 19.5 Å². The monoisotopic (exact) mass is 307 g/mol. The Morgan fingerprint density at radius 1 is 1.29 bits per heavy atom. The van der Waals surface area contributed by atoms with Crippen LogP contribution in [0.15, 0.2) is 24.3 Å². The van der Waals surface area contributed by atoms with Crippen LogP contribution in [0.4, 0.5) is 0 Å². The molecule has 2 rings (SSSR count). The number of benzene rings is 1. The van der Waals surface area contributed by atoms with E-state index in [0.29, 0.717) is 11.7 Å². The van der Waals surface area contributed by atoms with E-state index in [2.05, 4.69) is 22.2 Å². The zero-order valence-corrected chi connectivity index (χ0v) is 13.3. The maximum Gasteiger partial charge on any atom is 0.151 e. The lowest BCUT2D eigenvalue weighted by molar-refractivity contribution is 0.407. The van der Waals surface area contributed by atoms with Gasteiger partial charge in [-0.15, -0.1) is 0 Å². The Morgan fingerprint density at radius 2 is 2.10 bits per heavy atom. The van der Waals surface area contributed by atoms with E-state index in [4.69, 9.17) is 16.3 Å². The molecular formula is C16H22ClN3O. The van der Waals surface area contributed by atoms with Gasteiger partial charge in [0.15, 0.2) is 5.15 Å². The van der Waals surface area contributed by atoms with E-state index in [1.165, 1.54) is 0 Å². The molecule has 0 saturated heterocycles. The van der Waals surface area contributed by atoms with Crippen LogP contribution in [0.1, 0.15) is 36.8 Å². The lowest BCUT2D eigenvalue weighted by atomic mass is 10.2. The second-order valence-electron chi connectivity index (χ2n) is 4.97. The third-order valence-corrected chi connectivity index (χ3v) is 3.67. The number of ether oxygens (including phenoxy) is 1. The van der Waals surface area contributed by atoms with Gasteiger partial charge in [-0.05, 0) is 12.5 Å². The van der Waals surface area contributed by atoms with Gasteiger partial charge in [-0.1, -0.05) is 43.1 Å². The number of H-pyrrole nitrogens is 1. The van der Waals surface area contributed by atoms with Crippen molar-refractivity contribution in [1.82, 2.24) is 15.3 Å². The van der Waals surface area contributed by atoms with Gasteiger partial charge in [-0.3, -0.25) is 0 Å². The highest BCUT2D eigenvalue weighted by molar-refractivity contribution is 6.30. The van der Waals surface area contributed by atoms with Crippen molar-refractivity contribution in [2.45, 2.75) is 39.3 Å². The fraction of sp³-hybridized carbons (Fsp3) is 0.438. The maximum absolute atomic E-state index is 6.16. The molecule has 0 bridgehead atoms. The molecule has 0 aliphatic carbocycles. The van der Waals surface area contributed by atoms with Crippen molar-refractivity contribution in [1.29, 1.82) is 0 Å². The van der Waals surface area contributed by atoms with Crippen LogP contribution in [-0.4, -0.2) is 17.1 Å². The van der Waals surface area contributed by atoms with Crippen molar-refractivity contribution in [2.75, 3.05) is 7.11 Å². The topological polar surface area (TPSA) is 49.9 Å². The first-order valence-corrected chi connectivity index (χ1v) is 7.68. The Hall–Kier alpha value is -1.52. The molecule has 1 aromatic carbocycles. The number of aromatic nitrogens is 2. The molecule has 1 aromatic heterocycles. The molecule has 0 saturated carbocycles. The van der Waals surface area contributed by atoms with Gasteiger partial charge in [0, 0.05) is 25.1 Å². The van der Waals surface area contributed by atoms with Gasteiger partial charge in [0.2, 0.25) is 0 Å². The van der Waals surface area contributed by atoms with Crippen LogP contribution >= 0.6 is 11.6 Å². The summed E-state index contributed by atoms with van der Waals surface area (Å²) in [6.45, 7) is 3.56. The van der Waals surface area contributed by atoms with E-state index in [0.717, 1.165) is 48.6 Å². The molecule has 0 unspecified atom stereocenters. The molecule has 2 aromatic rings. The number of aromatic amines is 1. The fourth-order valence-corrected chi connectivity index (χ4v) is 2.41. The minimum absolute atomic E-state index is 0.564. The van der Waals surface area contributed by atoms with Crippen LogP contribution < -0.4 is 10.1 Å². The van der Waals surface area contributed by atoms with E-state index in [1.54, 1.807) is 7.11 Å². The standard InChI is InChI=1S/C16H22ClN3O/c1-3-4-9-15-19-13(16(17)20-15)11-18-10-12-7-5-6-8-14(12)21-2/h5-8,18H,3-4,9-11H2,1-2H3,(H,19,20). The summed E-state index contributed by atoms with van der Waals surface area (Å²) in [6.07, 6.45) is 3.22. The molecule has 0 fully saturated rings. The van der Waals surface area contributed by atoms with Crippen LogP contribution in [0.5, 0.6) is 5.75 Å². The molecule has 21 heavy (non-hydrogen) atoms. The van der Waals surface area contributed by atoms with Gasteiger partial charge in [-0.2, -0.15) is 0 Å². The predicted molar refractivity (Wildman–Crippen MR) is 85.7 cm³/mol. The molecule has 2 N–H and O–H groups in total. The molecule has 5 heteroatoms. The number of aryl methyl sites for hydroxylation is 1. The average molecular weight is 308 g/mol. The van der Waals surface area contributed by atoms with Gasteiger partial charge in [0.25, 0.3) is 0 Å². The highest BCUT2D eigenvalue weighted by Crippen LogP contribution is 2.18. The lowest BCUT2D eigenvalue weighted by Gasteiger charge is -2.08. The largest absolute Gasteiger partial charge is 0.496 e. The number of nitrogens with zero attached hydrogens (tertiary/aromatic N) is 1. The second kappa shape index (κ2) is 8.05. The van der Waals surface area contributed by atoms with Gasteiger partial charge >= 0.3 is 0 Å². The minimum Gasteiger partial charge on any atom is -0.496 e. The Morgan fingerprint density at radius 3 is 2.86 bits per heavy atom. The van der Waals surface area contributed by atoms with Gasteiger partial charge in [0.1, 0.15) is 11.6 Å². The highest BCUT2D eigenvalue weighted by atomic mass is 35.5. The molecule has 0 amide bonds. The summed E-state index contributed by atoms with van der Waals surface area (Å²) < 4.78 is 5.33. The summed E-state index contributed by atoms with van der Waals surface area (Å²) in [7, 11) is 1.69. The summed E-state index contributed by atoms with van der Waals surface area (Å²) >= 11 is 6.16. The number of para-hydroxylation sites is 1. The summed E-state index contributed by atoms with van der Waals surface area (Å²) in [6, 6.07) is 7.98. The molecule has 0 aliphatic rings. The van der Waals surface area contributed by atoms with E-state index in [-0.39, 0.29) is 0 Å². The quantitative estimate of drug-likeness (QED) is 0.781. The van der Waals surface area contributed by atoms with Crippen molar-refractivity contribution in [3.05, 3.63) is 46.5 Å². The summed E-state index contributed by atoms with van der Waals surface area (Å²) in [4.78, 5) is 7.65. The number of rotatable bonds is 8. The van der Waals surface area contributed by atoms with Gasteiger partial charge < -0.3 is 15.0 Å². The first-order valence-electron chi connectivity index (χ1n) is 7.30. The first kappa shape index (κ1) is 15.9. The van der Waals surface area contributed by atoms with Crippen molar-refractivity contribution in [3.63, 3.8) is 0 Å². The number of imidazole rings is 1. The second-order valence-corrected chi connectivity index (χ2v) is 5.33. The molecule has 4 nitrogen and oxygen atoms in total. The first-order chi connectivity index (χ1) is 10.2. The summed E-state index contributed by atoms with van der Waals surface area (Å²) in [5.74, 6) is 1.86. The predicted octanol–water partition coefficient (Wildman–Crippen LogP) is 3.70. The zero-order chi connectivity index (χ0) is 15.1. The average Bonchev–Trinajstić information content (AvgIpc) is 2.86. The van der Waals surface area contributed by atoms with Crippen molar-refractivity contribution in [3.8, 4) is 5.75 Å². The minimum atomic E-state index is 0.564. The number of methoxy groups -OCH3 is 1. The Labute approximate surface area is 130 Å². The smallest absolute Gasteiger partial charge is 0.151 e. The van der Waals surface area contributed by atoms with Crippen molar-refractivity contribution < 1.29 is 4.74 Å². The Kier molecular flexibility index (Phi) is 6.08. The summed E-state index contributed by atoms with van der Waals surface area (Å²) in [5.41, 5.74) is 2.07. The highest BCUT2D eigenvalue weighted by Gasteiger charge is 2.08. The van der Waals surface area contributed by atoms with Crippen molar-refractivity contribution in [2.24, 2.45) is 0 Å². The lowest BCUT2D eigenvalue weighted by Crippen LogP contribution is -2.14. The Bertz CT molecular complexity index is 568. The third-order valence-electron chi connectivity index (χ3n) is 3.35. The molecular weight excluding hydrogens is 286 g/mol. The molecule has 1 heterocycles. The van der Waals surface area contributed by atoms with E-state index >= 15 is 0 Å². The van der Waals surface area contributed by atoms with E-state index in [1.807, 2.05) is 24.3 Å². The van der Waals surface area contributed by atoms with Crippen LogP contribution in [0.2, 0.25) is 5.15 Å². The van der Waals surface area contributed by atoms with Gasteiger partial charge in [-0.25, -0.2) is 4.98 Å². The van der Waals surface area contributed by atoms with Gasteiger partial charge in [0.05, 0.1) is 12.8 Å². The number of hydrogen-bond donors (Lipinski definition) is 2. The molecule has 114 valence electrons.